The Balaban J connectivity index is 2.22. The van der Waals surface area contributed by atoms with Crippen molar-refractivity contribution in [1.29, 1.82) is 0 Å². The highest BCUT2D eigenvalue weighted by Crippen LogP contribution is 1.97. The van der Waals surface area contributed by atoms with E-state index in [9.17, 15) is 0 Å². The fourth-order valence-corrected chi connectivity index (χ4v) is 1.39. The van der Waals surface area contributed by atoms with E-state index in [0.717, 1.165) is 16.3 Å². The summed E-state index contributed by atoms with van der Waals surface area (Å²) < 4.78 is 0. The lowest BCUT2D eigenvalue weighted by Crippen LogP contribution is -1.99. The molecule has 2 aromatic rings. The third-order valence-corrected chi connectivity index (χ3v) is 2.34. The SMILES string of the molecule is [Si]c1ccc(C#Cc2ccccc2)cc1. The van der Waals surface area contributed by atoms with Gasteiger partial charge in [0.2, 0.25) is 0 Å². The molecule has 0 unspecified atom stereocenters. The Bertz CT molecular complexity index is 486. The number of benzene rings is 2. The molecular weight excluding hydrogens is 196 g/mol. The summed E-state index contributed by atoms with van der Waals surface area (Å²) in [5, 5.41) is 1.07. The predicted octanol–water partition coefficient (Wildman–Crippen LogP) is 1.88. The smallest absolute Gasteiger partial charge is 0.0673 e. The summed E-state index contributed by atoms with van der Waals surface area (Å²) in [6.45, 7) is 0. The topological polar surface area (TPSA) is 0 Å². The quantitative estimate of drug-likeness (QED) is 0.455. The molecule has 0 atom stereocenters. The molecule has 0 aliphatic heterocycles. The maximum Gasteiger partial charge on any atom is 0.0711 e. The summed E-state index contributed by atoms with van der Waals surface area (Å²) in [5.41, 5.74) is 2.07. The highest BCUT2D eigenvalue weighted by Gasteiger charge is 1.86. The molecule has 0 saturated carbocycles. The molecular formula is C14H9Si. The minimum atomic E-state index is 1.03. The summed E-state index contributed by atoms with van der Waals surface area (Å²) >= 11 is 0. The summed E-state index contributed by atoms with van der Waals surface area (Å²) in [7, 11) is 3.44. The van der Waals surface area contributed by atoms with E-state index in [1.165, 1.54) is 0 Å². The first-order valence-corrected chi connectivity index (χ1v) is 5.23. The van der Waals surface area contributed by atoms with Crippen molar-refractivity contribution in [1.82, 2.24) is 0 Å². The van der Waals surface area contributed by atoms with Crippen LogP contribution in [0.4, 0.5) is 0 Å². The average Bonchev–Trinajstić information content (AvgIpc) is 2.30. The van der Waals surface area contributed by atoms with Crippen molar-refractivity contribution < 1.29 is 0 Å². The molecule has 0 saturated heterocycles. The van der Waals surface area contributed by atoms with Gasteiger partial charge in [-0.2, -0.15) is 0 Å². The molecule has 0 aliphatic carbocycles. The lowest BCUT2D eigenvalue weighted by molar-refractivity contribution is 1.64. The molecule has 0 nitrogen and oxygen atoms in total. The Hall–Kier alpha value is -1.78. The lowest BCUT2D eigenvalue weighted by atomic mass is 10.2. The average molecular weight is 205 g/mol. The van der Waals surface area contributed by atoms with Crippen LogP contribution in [0.15, 0.2) is 54.6 Å². The third kappa shape index (κ3) is 2.83. The Labute approximate surface area is 93.4 Å². The van der Waals surface area contributed by atoms with Gasteiger partial charge in [-0.05, 0) is 24.3 Å². The molecule has 0 fully saturated rings. The number of hydrogen-bond donors (Lipinski definition) is 0. The van der Waals surface area contributed by atoms with Crippen molar-refractivity contribution in [3.05, 3.63) is 65.7 Å². The van der Waals surface area contributed by atoms with Crippen molar-refractivity contribution in [2.75, 3.05) is 0 Å². The van der Waals surface area contributed by atoms with Crippen LogP contribution in [0.5, 0.6) is 0 Å². The Kier molecular flexibility index (Phi) is 3.01. The minimum Gasteiger partial charge on any atom is -0.0673 e. The van der Waals surface area contributed by atoms with Gasteiger partial charge in [0.1, 0.15) is 0 Å². The number of hydrogen-bond acceptors (Lipinski definition) is 0. The Morgan fingerprint density at radius 1 is 0.667 bits per heavy atom. The minimum absolute atomic E-state index is 1.03. The Morgan fingerprint density at radius 3 is 1.80 bits per heavy atom. The summed E-state index contributed by atoms with van der Waals surface area (Å²) in [5.74, 6) is 6.23. The van der Waals surface area contributed by atoms with Crippen LogP contribution < -0.4 is 5.19 Å². The zero-order valence-electron chi connectivity index (χ0n) is 8.20. The summed E-state index contributed by atoms with van der Waals surface area (Å²) in [4.78, 5) is 0. The normalized spacial score (nSPS) is 9.13. The molecule has 0 amide bonds. The molecule has 0 spiro atoms. The largest absolute Gasteiger partial charge is 0.0711 e. The number of rotatable bonds is 0. The Morgan fingerprint density at radius 2 is 1.20 bits per heavy atom. The van der Waals surface area contributed by atoms with Crippen LogP contribution in [-0.4, -0.2) is 10.2 Å². The molecule has 3 radical (unpaired) electrons. The van der Waals surface area contributed by atoms with Crippen LogP contribution in [0.3, 0.4) is 0 Å². The van der Waals surface area contributed by atoms with E-state index >= 15 is 0 Å². The first-order chi connectivity index (χ1) is 7.34. The van der Waals surface area contributed by atoms with E-state index in [4.69, 9.17) is 0 Å². The van der Waals surface area contributed by atoms with Gasteiger partial charge in [-0.3, -0.25) is 0 Å². The van der Waals surface area contributed by atoms with E-state index in [1.807, 2.05) is 54.6 Å². The first-order valence-electron chi connectivity index (χ1n) is 4.73. The van der Waals surface area contributed by atoms with E-state index < -0.39 is 0 Å². The molecule has 69 valence electrons. The summed E-state index contributed by atoms with van der Waals surface area (Å²) in [6, 6.07) is 18.0. The van der Waals surface area contributed by atoms with Gasteiger partial charge in [-0.15, -0.1) is 0 Å². The fraction of sp³-hybridized carbons (Fsp3) is 0. The van der Waals surface area contributed by atoms with Gasteiger partial charge in [0.05, 0.1) is 10.2 Å². The fourth-order valence-electron chi connectivity index (χ4n) is 1.22. The van der Waals surface area contributed by atoms with Gasteiger partial charge in [-0.1, -0.05) is 47.4 Å². The van der Waals surface area contributed by atoms with Crippen molar-refractivity contribution in [3.8, 4) is 11.8 Å². The lowest BCUT2D eigenvalue weighted by Gasteiger charge is -1.91. The highest BCUT2D eigenvalue weighted by molar-refractivity contribution is 6.32. The van der Waals surface area contributed by atoms with Crippen molar-refractivity contribution in [2.45, 2.75) is 0 Å². The third-order valence-electron chi connectivity index (χ3n) is 2.01. The predicted molar refractivity (Wildman–Crippen MR) is 64.3 cm³/mol. The zero-order valence-corrected chi connectivity index (χ0v) is 9.20. The van der Waals surface area contributed by atoms with Gasteiger partial charge in [-0.25, -0.2) is 0 Å². The van der Waals surface area contributed by atoms with Crippen LogP contribution in [-0.2, 0) is 0 Å². The molecule has 2 rings (SSSR count). The van der Waals surface area contributed by atoms with Crippen LogP contribution in [0, 0.1) is 11.8 Å². The maximum atomic E-state index is 3.44. The zero-order chi connectivity index (χ0) is 10.5. The molecule has 2 aromatic carbocycles. The molecule has 1 heteroatoms. The van der Waals surface area contributed by atoms with E-state index in [0.29, 0.717) is 0 Å². The second-order valence-corrected chi connectivity index (χ2v) is 3.77. The highest BCUT2D eigenvalue weighted by atomic mass is 28.1. The molecule has 0 bridgehead atoms. The van der Waals surface area contributed by atoms with Crippen molar-refractivity contribution in [2.24, 2.45) is 0 Å². The van der Waals surface area contributed by atoms with Gasteiger partial charge in [0.15, 0.2) is 0 Å². The molecule has 0 N–H and O–H groups in total. The van der Waals surface area contributed by atoms with Crippen LogP contribution in [0.1, 0.15) is 11.1 Å². The monoisotopic (exact) mass is 205 g/mol. The van der Waals surface area contributed by atoms with Crippen LogP contribution >= 0.6 is 0 Å². The molecule has 15 heavy (non-hydrogen) atoms. The first kappa shape index (κ1) is 9.76. The second kappa shape index (κ2) is 4.63. The molecule has 0 heterocycles. The van der Waals surface area contributed by atoms with Gasteiger partial charge >= 0.3 is 0 Å². The van der Waals surface area contributed by atoms with Crippen molar-refractivity contribution >= 4 is 15.4 Å². The molecule has 0 aliphatic rings. The second-order valence-electron chi connectivity index (χ2n) is 3.19. The van der Waals surface area contributed by atoms with E-state index in [1.54, 1.807) is 0 Å². The van der Waals surface area contributed by atoms with Crippen LogP contribution in [0.25, 0.3) is 0 Å². The van der Waals surface area contributed by atoms with Crippen molar-refractivity contribution in [3.63, 3.8) is 0 Å². The maximum absolute atomic E-state index is 3.44. The van der Waals surface area contributed by atoms with Gasteiger partial charge < -0.3 is 0 Å². The standard InChI is InChI=1S/C14H9Si/c15-14-10-8-13(9-11-14)7-6-12-4-2-1-3-5-12/h1-5,8-11H. The molecule has 0 aromatic heterocycles. The summed E-state index contributed by atoms with van der Waals surface area (Å²) in [6.07, 6.45) is 0. The van der Waals surface area contributed by atoms with E-state index in [2.05, 4.69) is 22.1 Å². The van der Waals surface area contributed by atoms with Crippen LogP contribution in [0.2, 0.25) is 0 Å². The van der Waals surface area contributed by atoms with E-state index in [-0.39, 0.29) is 0 Å². The van der Waals surface area contributed by atoms with Gasteiger partial charge in [0.25, 0.3) is 0 Å². The van der Waals surface area contributed by atoms with Gasteiger partial charge in [0, 0.05) is 11.1 Å².